The van der Waals surface area contributed by atoms with E-state index in [4.69, 9.17) is 10.5 Å². The Bertz CT molecular complexity index is 584. The summed E-state index contributed by atoms with van der Waals surface area (Å²) >= 11 is 0. The zero-order valence-electron chi connectivity index (χ0n) is 11.6. The molecule has 4 N–H and O–H groups in total. The second-order valence-corrected chi connectivity index (χ2v) is 5.93. The SMILES string of the molecule is Cc1ccc(CN)cc1NS(=O)(=O)NC(=O)OC(C)C. The van der Waals surface area contributed by atoms with Gasteiger partial charge in [-0.3, -0.25) is 4.72 Å². The van der Waals surface area contributed by atoms with E-state index in [1.54, 1.807) is 43.7 Å². The molecule has 20 heavy (non-hydrogen) atoms. The Labute approximate surface area is 118 Å². The maximum absolute atomic E-state index is 11.8. The van der Waals surface area contributed by atoms with Crippen molar-refractivity contribution in [1.82, 2.24) is 4.72 Å². The molecule has 0 aromatic heterocycles. The molecule has 0 heterocycles. The van der Waals surface area contributed by atoms with Crippen molar-refractivity contribution in [1.29, 1.82) is 0 Å². The molecule has 8 heteroatoms. The minimum absolute atomic E-state index is 0.290. The molecule has 7 nitrogen and oxygen atoms in total. The lowest BCUT2D eigenvalue weighted by atomic mass is 10.1. The lowest BCUT2D eigenvalue weighted by Gasteiger charge is -2.13. The van der Waals surface area contributed by atoms with Crippen LogP contribution in [0.15, 0.2) is 18.2 Å². The molecule has 0 fully saturated rings. The van der Waals surface area contributed by atoms with Crippen LogP contribution in [0.4, 0.5) is 10.5 Å². The first-order chi connectivity index (χ1) is 9.23. The number of carbonyl (C=O) groups excluding carboxylic acids is 1. The van der Waals surface area contributed by atoms with E-state index in [-0.39, 0.29) is 6.54 Å². The van der Waals surface area contributed by atoms with E-state index in [1.165, 1.54) is 0 Å². The first kappa shape index (κ1) is 16.3. The van der Waals surface area contributed by atoms with Gasteiger partial charge in [0.25, 0.3) is 0 Å². The average molecular weight is 301 g/mol. The third-order valence-electron chi connectivity index (χ3n) is 2.34. The van der Waals surface area contributed by atoms with Gasteiger partial charge in [0.1, 0.15) is 0 Å². The fourth-order valence-corrected chi connectivity index (χ4v) is 2.25. The quantitative estimate of drug-likeness (QED) is 0.758. The van der Waals surface area contributed by atoms with Crippen molar-refractivity contribution in [3.8, 4) is 0 Å². The largest absolute Gasteiger partial charge is 0.446 e. The summed E-state index contributed by atoms with van der Waals surface area (Å²) in [6.45, 7) is 5.27. The molecule has 0 bridgehead atoms. The van der Waals surface area contributed by atoms with Crippen LogP contribution in [0.3, 0.4) is 0 Å². The Morgan fingerprint density at radius 2 is 2.05 bits per heavy atom. The molecule has 112 valence electrons. The Hall–Kier alpha value is -1.80. The Morgan fingerprint density at radius 3 is 2.60 bits per heavy atom. The van der Waals surface area contributed by atoms with E-state index in [9.17, 15) is 13.2 Å². The minimum Gasteiger partial charge on any atom is -0.446 e. The first-order valence-corrected chi connectivity index (χ1v) is 7.52. The van der Waals surface area contributed by atoms with Gasteiger partial charge in [0.2, 0.25) is 0 Å². The highest BCUT2D eigenvalue weighted by atomic mass is 32.2. The van der Waals surface area contributed by atoms with Crippen LogP contribution in [-0.4, -0.2) is 20.6 Å². The topological polar surface area (TPSA) is 111 Å². The van der Waals surface area contributed by atoms with Crippen LogP contribution in [0.2, 0.25) is 0 Å². The van der Waals surface area contributed by atoms with E-state index >= 15 is 0 Å². The predicted octanol–water partition coefficient (Wildman–Crippen LogP) is 1.25. The van der Waals surface area contributed by atoms with Gasteiger partial charge in [-0.05, 0) is 38.0 Å². The van der Waals surface area contributed by atoms with Crippen molar-refractivity contribution in [2.75, 3.05) is 4.72 Å². The average Bonchev–Trinajstić information content (AvgIpc) is 2.29. The second-order valence-electron chi connectivity index (χ2n) is 4.52. The van der Waals surface area contributed by atoms with E-state index in [0.717, 1.165) is 5.56 Å². The number of aryl methyl sites for hydroxylation is 1. The summed E-state index contributed by atoms with van der Waals surface area (Å²) in [5, 5.41) is 0. The van der Waals surface area contributed by atoms with Crippen LogP contribution in [0.5, 0.6) is 0 Å². The molecule has 0 spiro atoms. The number of nitrogens with one attached hydrogen (secondary N) is 2. The van der Waals surface area contributed by atoms with Crippen LogP contribution in [0.25, 0.3) is 0 Å². The molecule has 0 saturated carbocycles. The number of nitrogens with two attached hydrogens (primary N) is 1. The molecule has 0 saturated heterocycles. The minimum atomic E-state index is -4.04. The van der Waals surface area contributed by atoms with E-state index in [1.807, 2.05) is 0 Å². The van der Waals surface area contributed by atoms with Gasteiger partial charge in [-0.1, -0.05) is 12.1 Å². The molecule has 0 aliphatic carbocycles. The number of hydrogen-bond donors (Lipinski definition) is 3. The van der Waals surface area contributed by atoms with Gasteiger partial charge in [0.15, 0.2) is 0 Å². The molecule has 0 aliphatic heterocycles. The highest BCUT2D eigenvalue weighted by Gasteiger charge is 2.17. The van der Waals surface area contributed by atoms with Gasteiger partial charge in [-0.2, -0.15) is 8.42 Å². The van der Waals surface area contributed by atoms with Crippen LogP contribution in [-0.2, 0) is 21.5 Å². The standard InChI is InChI=1S/C12H19N3O4S/c1-8(2)19-12(16)15-20(17,18)14-11-6-10(7-13)5-4-9(11)3/h4-6,8,14H,7,13H2,1-3H3,(H,15,16). The number of carbonyl (C=O) groups is 1. The number of ether oxygens (including phenoxy) is 1. The maximum Gasteiger partial charge on any atom is 0.422 e. The van der Waals surface area contributed by atoms with Crippen molar-refractivity contribution >= 4 is 22.0 Å². The number of anilines is 1. The summed E-state index contributed by atoms with van der Waals surface area (Å²) in [6.07, 6.45) is -1.44. The third kappa shape index (κ3) is 5.06. The normalized spacial score (nSPS) is 11.2. The van der Waals surface area contributed by atoms with E-state index < -0.39 is 22.4 Å². The molecular formula is C12H19N3O4S. The molecule has 1 aromatic carbocycles. The summed E-state index contributed by atoms with van der Waals surface area (Å²) in [6, 6.07) is 5.16. The zero-order chi connectivity index (χ0) is 15.3. The Balaban J connectivity index is 2.83. The zero-order valence-corrected chi connectivity index (χ0v) is 12.5. The van der Waals surface area contributed by atoms with Gasteiger partial charge in [-0.15, -0.1) is 0 Å². The summed E-state index contributed by atoms with van der Waals surface area (Å²) in [5.41, 5.74) is 7.35. The third-order valence-corrected chi connectivity index (χ3v) is 3.27. The number of amides is 1. The van der Waals surface area contributed by atoms with Crippen LogP contribution in [0.1, 0.15) is 25.0 Å². The van der Waals surface area contributed by atoms with Crippen molar-refractivity contribution in [3.05, 3.63) is 29.3 Å². The fourth-order valence-electron chi connectivity index (χ4n) is 1.42. The molecule has 0 unspecified atom stereocenters. The monoisotopic (exact) mass is 301 g/mol. The van der Waals surface area contributed by atoms with Gasteiger partial charge in [0, 0.05) is 6.54 Å². The summed E-state index contributed by atoms with van der Waals surface area (Å²) in [7, 11) is -4.04. The number of hydrogen-bond acceptors (Lipinski definition) is 5. The molecule has 0 atom stereocenters. The van der Waals surface area contributed by atoms with Gasteiger partial charge in [0.05, 0.1) is 11.8 Å². The highest BCUT2D eigenvalue weighted by molar-refractivity contribution is 7.91. The van der Waals surface area contributed by atoms with E-state index in [0.29, 0.717) is 11.3 Å². The van der Waals surface area contributed by atoms with Crippen LogP contribution < -0.4 is 15.2 Å². The maximum atomic E-state index is 11.8. The van der Waals surface area contributed by atoms with Gasteiger partial charge in [-0.25, -0.2) is 9.52 Å². The number of rotatable bonds is 5. The lowest BCUT2D eigenvalue weighted by Crippen LogP contribution is -2.37. The summed E-state index contributed by atoms with van der Waals surface area (Å²) < 4.78 is 32.3. The highest BCUT2D eigenvalue weighted by Crippen LogP contribution is 2.17. The predicted molar refractivity (Wildman–Crippen MR) is 76.4 cm³/mol. The Kier molecular flexibility index (Phi) is 5.34. The molecular weight excluding hydrogens is 282 g/mol. The van der Waals surface area contributed by atoms with Crippen LogP contribution >= 0.6 is 0 Å². The molecule has 1 rings (SSSR count). The molecule has 1 amide bonds. The van der Waals surface area contributed by atoms with Crippen molar-refractivity contribution in [2.45, 2.75) is 33.4 Å². The van der Waals surface area contributed by atoms with Crippen molar-refractivity contribution in [3.63, 3.8) is 0 Å². The summed E-state index contributed by atoms with van der Waals surface area (Å²) in [5.74, 6) is 0. The smallest absolute Gasteiger partial charge is 0.422 e. The summed E-state index contributed by atoms with van der Waals surface area (Å²) in [4.78, 5) is 11.3. The van der Waals surface area contributed by atoms with E-state index in [2.05, 4.69) is 4.72 Å². The number of benzene rings is 1. The van der Waals surface area contributed by atoms with Crippen molar-refractivity contribution < 1.29 is 17.9 Å². The second kappa shape index (κ2) is 6.58. The van der Waals surface area contributed by atoms with Crippen LogP contribution in [0, 0.1) is 6.92 Å². The lowest BCUT2D eigenvalue weighted by molar-refractivity contribution is 0.121. The van der Waals surface area contributed by atoms with Crippen molar-refractivity contribution in [2.24, 2.45) is 5.73 Å². The van der Waals surface area contributed by atoms with Gasteiger partial charge >= 0.3 is 16.3 Å². The van der Waals surface area contributed by atoms with Gasteiger partial charge < -0.3 is 10.5 Å². The molecule has 0 aliphatic rings. The Morgan fingerprint density at radius 1 is 1.40 bits per heavy atom. The molecule has 0 radical (unpaired) electrons. The first-order valence-electron chi connectivity index (χ1n) is 6.04. The molecule has 1 aromatic rings. The fraction of sp³-hybridized carbons (Fsp3) is 0.417.